The fraction of sp³-hybridized carbons (Fsp3) is 0.571. The summed E-state index contributed by atoms with van der Waals surface area (Å²) >= 11 is 0. The summed E-state index contributed by atoms with van der Waals surface area (Å²) in [5.41, 5.74) is 4.16. The zero-order valence-electron chi connectivity index (χ0n) is 15.2. The molecule has 5 rings (SSSR count). The number of carbonyl (C=O) groups excluding carboxylic acids is 1. The van der Waals surface area contributed by atoms with Gasteiger partial charge >= 0.3 is 5.97 Å². The Hall–Kier alpha value is -1.52. The van der Waals surface area contributed by atoms with Crippen molar-refractivity contribution in [1.82, 2.24) is 9.88 Å². The van der Waals surface area contributed by atoms with Gasteiger partial charge in [0.15, 0.2) is 0 Å². The lowest BCUT2D eigenvalue weighted by Crippen LogP contribution is -2.50. The molecule has 2 aromatic rings. The SMILES string of the molecule is COC(=O)[C@@H]1CCC[C@H]2CN3CCc4c([nH]c5ccccc45)[C@@H]3C[C@@H]21.Cl. The number of aromatic nitrogens is 1. The van der Waals surface area contributed by atoms with Gasteiger partial charge in [-0.1, -0.05) is 24.6 Å². The van der Waals surface area contributed by atoms with Gasteiger partial charge in [0.25, 0.3) is 0 Å². The first-order valence-corrected chi connectivity index (χ1v) is 9.67. The largest absolute Gasteiger partial charge is 0.469 e. The number of esters is 1. The standard InChI is InChI=1S/C21H26N2O2.ClH/c1-25-21(24)16-7-4-5-13-12-23-10-9-15-14-6-2-3-8-18(14)22-20(15)19(23)11-17(13)16;/h2-3,6,8,13,16-17,19,22H,4-5,7,9-12H2,1H3;1H/t13-,16+,17-,19-;/m0./s1. The number of ether oxygens (including phenoxy) is 1. The van der Waals surface area contributed by atoms with Crippen LogP contribution in [0.5, 0.6) is 0 Å². The van der Waals surface area contributed by atoms with Crippen LogP contribution in [0.1, 0.15) is 43.0 Å². The van der Waals surface area contributed by atoms with Crippen molar-refractivity contribution in [3.05, 3.63) is 35.5 Å². The van der Waals surface area contributed by atoms with Crippen LogP contribution in [0.3, 0.4) is 0 Å². The molecule has 140 valence electrons. The molecule has 5 heteroatoms. The fourth-order valence-electron chi connectivity index (χ4n) is 5.80. The number of carbonyl (C=O) groups is 1. The van der Waals surface area contributed by atoms with E-state index in [-0.39, 0.29) is 24.3 Å². The lowest BCUT2D eigenvalue weighted by atomic mass is 9.66. The van der Waals surface area contributed by atoms with Gasteiger partial charge in [-0.25, -0.2) is 0 Å². The molecule has 4 atom stereocenters. The number of nitrogens with zero attached hydrogens (tertiary/aromatic N) is 1. The summed E-state index contributed by atoms with van der Waals surface area (Å²) in [7, 11) is 1.54. The molecule has 1 aromatic heterocycles. The predicted molar refractivity (Wildman–Crippen MR) is 105 cm³/mol. The Kier molecular flexibility index (Phi) is 4.74. The number of nitrogens with one attached hydrogen (secondary N) is 1. The molecule has 0 radical (unpaired) electrons. The number of halogens is 1. The number of piperidine rings is 1. The molecular formula is C21H27ClN2O2. The first-order chi connectivity index (χ1) is 12.3. The van der Waals surface area contributed by atoms with Crippen LogP contribution < -0.4 is 0 Å². The Morgan fingerprint density at radius 2 is 2.12 bits per heavy atom. The Morgan fingerprint density at radius 3 is 2.96 bits per heavy atom. The quantitative estimate of drug-likeness (QED) is 0.764. The number of hydrogen-bond acceptors (Lipinski definition) is 3. The number of hydrogen-bond donors (Lipinski definition) is 1. The third kappa shape index (κ3) is 2.66. The monoisotopic (exact) mass is 374 g/mol. The van der Waals surface area contributed by atoms with Crippen LogP contribution in [0.15, 0.2) is 24.3 Å². The van der Waals surface area contributed by atoms with E-state index in [2.05, 4.69) is 34.1 Å². The number of fused-ring (bicyclic) bond motifs is 6. The molecule has 1 saturated heterocycles. The van der Waals surface area contributed by atoms with Crippen LogP contribution in [0.25, 0.3) is 10.9 Å². The molecule has 2 aliphatic heterocycles. The molecule has 0 unspecified atom stereocenters. The van der Waals surface area contributed by atoms with Gasteiger partial charge in [0, 0.05) is 29.7 Å². The smallest absolute Gasteiger partial charge is 0.308 e. The van der Waals surface area contributed by atoms with Crippen molar-refractivity contribution in [1.29, 1.82) is 0 Å². The number of aromatic amines is 1. The van der Waals surface area contributed by atoms with Crippen LogP contribution in [0.4, 0.5) is 0 Å². The summed E-state index contributed by atoms with van der Waals surface area (Å²) in [5, 5.41) is 1.38. The number of methoxy groups -OCH3 is 1. The average Bonchev–Trinajstić information content (AvgIpc) is 3.04. The molecule has 4 nitrogen and oxygen atoms in total. The molecule has 0 bridgehead atoms. The van der Waals surface area contributed by atoms with Crippen LogP contribution in [0, 0.1) is 17.8 Å². The van der Waals surface area contributed by atoms with Crippen molar-refractivity contribution in [2.24, 2.45) is 17.8 Å². The van der Waals surface area contributed by atoms with Crippen LogP contribution in [-0.2, 0) is 16.0 Å². The second-order valence-corrected chi connectivity index (χ2v) is 8.04. The molecule has 3 aliphatic rings. The van der Waals surface area contributed by atoms with Crippen molar-refractivity contribution < 1.29 is 9.53 Å². The maximum absolute atomic E-state index is 12.3. The highest BCUT2D eigenvalue weighted by molar-refractivity contribution is 5.85. The summed E-state index contributed by atoms with van der Waals surface area (Å²) < 4.78 is 5.13. The Bertz CT molecular complexity index is 817. The highest BCUT2D eigenvalue weighted by Crippen LogP contribution is 2.49. The van der Waals surface area contributed by atoms with Gasteiger partial charge < -0.3 is 9.72 Å². The van der Waals surface area contributed by atoms with E-state index in [0.717, 1.165) is 38.8 Å². The third-order valence-electron chi connectivity index (χ3n) is 6.95. The second kappa shape index (κ2) is 6.90. The van der Waals surface area contributed by atoms with Gasteiger partial charge in [-0.15, -0.1) is 12.4 Å². The van der Waals surface area contributed by atoms with Gasteiger partial charge in [0.05, 0.1) is 19.1 Å². The van der Waals surface area contributed by atoms with E-state index in [1.807, 2.05) is 0 Å². The van der Waals surface area contributed by atoms with Gasteiger partial charge in [0.2, 0.25) is 0 Å². The predicted octanol–water partition coefficient (Wildman–Crippen LogP) is 4.10. The molecule has 1 aromatic carbocycles. The molecule has 2 fully saturated rings. The summed E-state index contributed by atoms with van der Waals surface area (Å²) in [6, 6.07) is 9.09. The number of para-hydroxylation sites is 1. The van der Waals surface area contributed by atoms with E-state index < -0.39 is 0 Å². The average molecular weight is 375 g/mol. The minimum absolute atomic E-state index is 0. The van der Waals surface area contributed by atoms with E-state index in [1.165, 1.54) is 35.7 Å². The second-order valence-electron chi connectivity index (χ2n) is 8.04. The van der Waals surface area contributed by atoms with E-state index in [9.17, 15) is 4.79 Å². The molecule has 0 amide bonds. The van der Waals surface area contributed by atoms with Crippen molar-refractivity contribution in [3.8, 4) is 0 Å². The molecule has 0 spiro atoms. The molecule has 1 N–H and O–H groups in total. The van der Waals surface area contributed by atoms with Crippen LogP contribution in [-0.4, -0.2) is 36.1 Å². The van der Waals surface area contributed by atoms with E-state index in [1.54, 1.807) is 0 Å². The van der Waals surface area contributed by atoms with E-state index in [0.29, 0.717) is 17.9 Å². The Balaban J connectivity index is 0.00000168. The number of rotatable bonds is 1. The lowest BCUT2D eigenvalue weighted by Gasteiger charge is -2.49. The highest BCUT2D eigenvalue weighted by Gasteiger charge is 2.46. The van der Waals surface area contributed by atoms with Crippen molar-refractivity contribution in [2.75, 3.05) is 20.2 Å². The lowest BCUT2D eigenvalue weighted by molar-refractivity contribution is -0.152. The van der Waals surface area contributed by atoms with Crippen molar-refractivity contribution in [3.63, 3.8) is 0 Å². The topological polar surface area (TPSA) is 45.3 Å². The zero-order valence-corrected chi connectivity index (χ0v) is 16.1. The maximum atomic E-state index is 12.3. The molecule has 1 saturated carbocycles. The first kappa shape index (κ1) is 17.9. The number of benzene rings is 1. The van der Waals surface area contributed by atoms with E-state index in [4.69, 9.17) is 4.74 Å². The van der Waals surface area contributed by atoms with E-state index >= 15 is 0 Å². The summed E-state index contributed by atoms with van der Waals surface area (Å²) in [6.07, 6.45) is 5.65. The van der Waals surface area contributed by atoms with Crippen molar-refractivity contribution in [2.45, 2.75) is 38.1 Å². The minimum atomic E-state index is 0. The molecular weight excluding hydrogens is 348 g/mol. The van der Waals surface area contributed by atoms with Crippen LogP contribution in [0.2, 0.25) is 0 Å². The van der Waals surface area contributed by atoms with Gasteiger partial charge in [0.1, 0.15) is 0 Å². The summed E-state index contributed by atoms with van der Waals surface area (Å²) in [5.74, 6) is 1.23. The van der Waals surface area contributed by atoms with Crippen molar-refractivity contribution >= 4 is 29.3 Å². The van der Waals surface area contributed by atoms with Crippen LogP contribution >= 0.6 is 12.4 Å². The molecule has 1 aliphatic carbocycles. The number of H-pyrrole nitrogens is 1. The molecule has 3 heterocycles. The third-order valence-corrected chi connectivity index (χ3v) is 6.95. The zero-order chi connectivity index (χ0) is 17.0. The Morgan fingerprint density at radius 1 is 1.27 bits per heavy atom. The molecule has 26 heavy (non-hydrogen) atoms. The van der Waals surface area contributed by atoms with Gasteiger partial charge in [-0.05, 0) is 49.1 Å². The highest BCUT2D eigenvalue weighted by atomic mass is 35.5. The minimum Gasteiger partial charge on any atom is -0.469 e. The summed E-state index contributed by atoms with van der Waals surface area (Å²) in [6.45, 7) is 2.28. The van der Waals surface area contributed by atoms with Gasteiger partial charge in [-0.3, -0.25) is 9.69 Å². The summed E-state index contributed by atoms with van der Waals surface area (Å²) in [4.78, 5) is 18.7. The Labute approximate surface area is 160 Å². The normalized spacial score (nSPS) is 30.7. The first-order valence-electron chi connectivity index (χ1n) is 9.67. The van der Waals surface area contributed by atoms with Gasteiger partial charge in [-0.2, -0.15) is 0 Å². The maximum Gasteiger partial charge on any atom is 0.308 e. The fourth-order valence-corrected chi connectivity index (χ4v) is 5.80.